The fourth-order valence-electron chi connectivity index (χ4n) is 2.78. The van der Waals surface area contributed by atoms with E-state index >= 15 is 0 Å². The second-order valence-corrected chi connectivity index (χ2v) is 6.79. The predicted molar refractivity (Wildman–Crippen MR) is 93.0 cm³/mol. The zero-order valence-corrected chi connectivity index (χ0v) is 14.8. The molecule has 0 saturated carbocycles. The summed E-state index contributed by atoms with van der Waals surface area (Å²) in [7, 11) is 0. The first-order valence-corrected chi connectivity index (χ1v) is 9.06. The minimum absolute atomic E-state index is 0.206. The number of piperazine rings is 1. The highest BCUT2D eigenvalue weighted by Gasteiger charge is 2.29. The predicted octanol–water partition coefficient (Wildman–Crippen LogP) is 1.52. The lowest BCUT2D eigenvalue weighted by atomic mass is 10.1. The van der Waals surface area contributed by atoms with Crippen molar-refractivity contribution in [2.45, 2.75) is 6.42 Å². The van der Waals surface area contributed by atoms with Gasteiger partial charge in [0.2, 0.25) is 0 Å². The molecule has 26 heavy (non-hydrogen) atoms. The molecule has 0 aliphatic carbocycles. The largest absolute Gasteiger partial charge is 0.335 e. The molecule has 1 saturated heterocycles. The Morgan fingerprint density at radius 1 is 1.08 bits per heavy atom. The summed E-state index contributed by atoms with van der Waals surface area (Å²) in [5, 5.41) is 2.50. The van der Waals surface area contributed by atoms with E-state index in [2.05, 4.69) is 4.98 Å². The Morgan fingerprint density at radius 2 is 1.65 bits per heavy atom. The summed E-state index contributed by atoms with van der Waals surface area (Å²) >= 11 is 1.39. The Kier molecular flexibility index (Phi) is 5.58. The van der Waals surface area contributed by atoms with Crippen LogP contribution in [-0.4, -0.2) is 59.3 Å². The number of halogens is 2. The summed E-state index contributed by atoms with van der Waals surface area (Å²) in [6, 6.07) is 3.32. The third-order valence-corrected chi connectivity index (χ3v) is 5.07. The lowest BCUT2D eigenvalue weighted by Crippen LogP contribution is -2.51. The first kappa shape index (κ1) is 18.4. The molecule has 0 atom stereocenters. The molecule has 2 amide bonds. The van der Waals surface area contributed by atoms with Crippen LogP contribution in [0.4, 0.5) is 8.78 Å². The minimum Gasteiger partial charge on any atom is -0.335 e. The summed E-state index contributed by atoms with van der Waals surface area (Å²) in [6.07, 6.45) is 0.619. The van der Waals surface area contributed by atoms with Gasteiger partial charge >= 0.3 is 0 Å². The number of aromatic nitrogens is 1. The number of carbonyl (C=O) groups is 2. The van der Waals surface area contributed by atoms with Crippen LogP contribution in [0.2, 0.25) is 0 Å². The highest BCUT2D eigenvalue weighted by atomic mass is 32.1. The van der Waals surface area contributed by atoms with Gasteiger partial charge in [-0.25, -0.2) is 13.8 Å². The topological polar surface area (TPSA) is 79.5 Å². The van der Waals surface area contributed by atoms with Gasteiger partial charge in [0.25, 0.3) is 11.8 Å². The van der Waals surface area contributed by atoms with Gasteiger partial charge in [-0.2, -0.15) is 0 Å². The van der Waals surface area contributed by atoms with E-state index in [0.29, 0.717) is 18.7 Å². The molecule has 0 bridgehead atoms. The third-order valence-electron chi connectivity index (χ3n) is 4.16. The van der Waals surface area contributed by atoms with Gasteiger partial charge < -0.3 is 15.5 Å². The number of rotatable bonds is 4. The molecular formula is C17H18F2N4O2S. The highest BCUT2D eigenvalue weighted by molar-refractivity contribution is 7.09. The first-order chi connectivity index (χ1) is 12.5. The van der Waals surface area contributed by atoms with E-state index in [9.17, 15) is 18.4 Å². The second-order valence-electron chi connectivity index (χ2n) is 5.85. The second kappa shape index (κ2) is 7.88. The fourth-order valence-corrected chi connectivity index (χ4v) is 3.57. The van der Waals surface area contributed by atoms with Gasteiger partial charge in [-0.05, 0) is 18.7 Å². The molecule has 138 valence electrons. The summed E-state index contributed by atoms with van der Waals surface area (Å²) in [5.41, 5.74) is 5.28. The summed E-state index contributed by atoms with van der Waals surface area (Å²) in [4.78, 5) is 32.1. The average Bonchev–Trinajstić information content (AvgIpc) is 3.10. The maximum Gasteiger partial charge on any atom is 0.273 e. The number of hydrogen-bond acceptors (Lipinski definition) is 5. The number of benzene rings is 1. The number of nitrogens with two attached hydrogens (primary N) is 1. The van der Waals surface area contributed by atoms with Crippen molar-refractivity contribution in [3.05, 3.63) is 51.5 Å². The lowest BCUT2D eigenvalue weighted by molar-refractivity contribution is 0.0527. The number of carbonyl (C=O) groups excluding carboxylic acids is 2. The normalized spacial score (nSPS) is 14.6. The molecule has 1 aliphatic heterocycles. The molecule has 1 fully saturated rings. The van der Waals surface area contributed by atoms with E-state index in [-0.39, 0.29) is 32.1 Å². The van der Waals surface area contributed by atoms with E-state index in [1.807, 2.05) is 0 Å². The number of hydrogen-bond donors (Lipinski definition) is 1. The molecule has 0 unspecified atom stereocenters. The third kappa shape index (κ3) is 3.73. The molecular weight excluding hydrogens is 362 g/mol. The van der Waals surface area contributed by atoms with Crippen molar-refractivity contribution in [3.8, 4) is 0 Å². The number of thiazole rings is 1. The maximum atomic E-state index is 13.8. The SMILES string of the molecule is NCCc1nc(C(=O)N2CCN(C(=O)c3c(F)cccc3F)CC2)cs1. The molecule has 2 N–H and O–H groups in total. The van der Waals surface area contributed by atoms with E-state index in [1.54, 1.807) is 10.3 Å². The van der Waals surface area contributed by atoms with Gasteiger partial charge in [-0.1, -0.05) is 6.07 Å². The van der Waals surface area contributed by atoms with Crippen LogP contribution < -0.4 is 5.73 Å². The zero-order valence-electron chi connectivity index (χ0n) is 14.0. The van der Waals surface area contributed by atoms with Gasteiger partial charge in [-0.15, -0.1) is 11.3 Å². The number of nitrogens with zero attached hydrogens (tertiary/aromatic N) is 3. The molecule has 2 heterocycles. The molecule has 1 aromatic carbocycles. The van der Waals surface area contributed by atoms with Crippen LogP contribution in [0, 0.1) is 11.6 Å². The van der Waals surface area contributed by atoms with Crippen molar-refractivity contribution < 1.29 is 18.4 Å². The van der Waals surface area contributed by atoms with Crippen molar-refractivity contribution in [2.75, 3.05) is 32.7 Å². The standard InChI is InChI=1S/C17H18F2N4O2S/c18-11-2-1-3-12(19)15(11)17(25)23-8-6-22(7-9-23)16(24)13-10-26-14(21-13)4-5-20/h1-3,10H,4-9,20H2. The quantitative estimate of drug-likeness (QED) is 0.872. The molecule has 2 aromatic rings. The maximum absolute atomic E-state index is 13.8. The average molecular weight is 380 g/mol. The molecule has 9 heteroatoms. The van der Waals surface area contributed by atoms with E-state index in [1.165, 1.54) is 22.3 Å². The summed E-state index contributed by atoms with van der Waals surface area (Å²) in [5.74, 6) is -2.69. The van der Waals surface area contributed by atoms with Gasteiger partial charge in [0.1, 0.15) is 22.9 Å². The van der Waals surface area contributed by atoms with Crippen LogP contribution >= 0.6 is 11.3 Å². The van der Waals surface area contributed by atoms with Crippen molar-refractivity contribution in [1.29, 1.82) is 0 Å². The summed E-state index contributed by atoms with van der Waals surface area (Å²) < 4.78 is 27.6. The van der Waals surface area contributed by atoms with Gasteiger partial charge in [0.15, 0.2) is 0 Å². The van der Waals surface area contributed by atoms with E-state index in [0.717, 1.165) is 17.1 Å². The Morgan fingerprint density at radius 3 is 2.23 bits per heavy atom. The number of amides is 2. The lowest BCUT2D eigenvalue weighted by Gasteiger charge is -2.34. The Hall–Kier alpha value is -2.39. The first-order valence-electron chi connectivity index (χ1n) is 8.18. The Bertz CT molecular complexity index is 799. The molecule has 3 rings (SSSR count). The van der Waals surface area contributed by atoms with Gasteiger partial charge in [0.05, 0.1) is 5.01 Å². The highest BCUT2D eigenvalue weighted by Crippen LogP contribution is 2.18. The molecule has 1 aliphatic rings. The van der Waals surface area contributed by atoms with Crippen molar-refractivity contribution in [1.82, 2.24) is 14.8 Å². The van der Waals surface area contributed by atoms with Crippen LogP contribution in [0.3, 0.4) is 0 Å². The van der Waals surface area contributed by atoms with Crippen LogP contribution in [0.1, 0.15) is 25.9 Å². The van der Waals surface area contributed by atoms with Crippen LogP contribution in [-0.2, 0) is 6.42 Å². The monoisotopic (exact) mass is 380 g/mol. The van der Waals surface area contributed by atoms with Crippen molar-refractivity contribution in [3.63, 3.8) is 0 Å². The van der Waals surface area contributed by atoms with Gasteiger partial charge in [0, 0.05) is 38.0 Å². The van der Waals surface area contributed by atoms with Crippen molar-refractivity contribution >= 4 is 23.2 Å². The molecule has 6 nitrogen and oxygen atoms in total. The van der Waals surface area contributed by atoms with Crippen LogP contribution in [0.15, 0.2) is 23.6 Å². The molecule has 1 aromatic heterocycles. The van der Waals surface area contributed by atoms with Gasteiger partial charge in [-0.3, -0.25) is 9.59 Å². The zero-order chi connectivity index (χ0) is 18.7. The van der Waals surface area contributed by atoms with Crippen molar-refractivity contribution in [2.24, 2.45) is 5.73 Å². The Balaban J connectivity index is 1.63. The smallest absolute Gasteiger partial charge is 0.273 e. The van der Waals surface area contributed by atoms with E-state index < -0.39 is 23.1 Å². The molecule has 0 radical (unpaired) electrons. The summed E-state index contributed by atoms with van der Waals surface area (Å²) in [6.45, 7) is 1.44. The van der Waals surface area contributed by atoms with Crippen LogP contribution in [0.5, 0.6) is 0 Å². The Labute approximate surface area is 153 Å². The minimum atomic E-state index is -0.886. The van der Waals surface area contributed by atoms with E-state index in [4.69, 9.17) is 5.73 Å². The molecule has 0 spiro atoms. The fraction of sp³-hybridized carbons (Fsp3) is 0.353. The van der Waals surface area contributed by atoms with Crippen LogP contribution in [0.25, 0.3) is 0 Å².